The van der Waals surface area contributed by atoms with Crippen molar-refractivity contribution in [3.63, 3.8) is 0 Å². The van der Waals surface area contributed by atoms with Gasteiger partial charge in [0.1, 0.15) is 0 Å². The third-order valence-electron chi connectivity index (χ3n) is 0. The van der Waals surface area contributed by atoms with E-state index >= 15 is 0 Å². The summed E-state index contributed by atoms with van der Waals surface area (Å²) in [5.41, 5.74) is 0. The molecule has 72 valence electrons. The molecular weight excluding hydrogens is 153 g/mol. The Balaban J connectivity index is -0.00000000300. The zero-order valence-corrected chi connectivity index (χ0v) is 5.13. The molecule has 0 aliphatic rings. The highest BCUT2D eigenvalue weighted by atomic mass is 16.5. The van der Waals surface area contributed by atoms with Gasteiger partial charge in [-0.2, -0.15) is 0 Å². The van der Waals surface area contributed by atoms with Crippen LogP contribution < -0.4 is 6.15 Å². The standard InChI is InChI=1S/BH3O3.H3N.5H2O/c2-1(3)4;;;;;;/h2-4H;1H3;5*1H2. The maximum atomic E-state index is 7.17. The summed E-state index contributed by atoms with van der Waals surface area (Å²) in [5.74, 6) is 0. The zero-order valence-electron chi connectivity index (χ0n) is 5.13. The lowest BCUT2D eigenvalue weighted by Crippen LogP contribution is -2.07. The average molecular weight is 169 g/mol. The molecule has 0 rings (SSSR count). The summed E-state index contributed by atoms with van der Waals surface area (Å²) in [7, 11) is -2.17. The van der Waals surface area contributed by atoms with Crippen LogP contribution in [0.15, 0.2) is 0 Å². The van der Waals surface area contributed by atoms with Crippen LogP contribution in [0.4, 0.5) is 0 Å². The normalized spacial score (nSPS) is 2.70. The van der Waals surface area contributed by atoms with Gasteiger partial charge in [0.2, 0.25) is 0 Å². The fourth-order valence-corrected chi connectivity index (χ4v) is 0. The molecule has 0 aliphatic carbocycles. The van der Waals surface area contributed by atoms with Gasteiger partial charge in [-0.3, -0.25) is 0 Å². The van der Waals surface area contributed by atoms with Crippen molar-refractivity contribution in [2.75, 3.05) is 0 Å². The fraction of sp³-hybridized carbons (Fsp3) is 0. The predicted molar refractivity (Wildman–Crippen MR) is 35.5 cm³/mol. The molecule has 0 saturated carbocycles. The van der Waals surface area contributed by atoms with Crippen LogP contribution in [0.2, 0.25) is 0 Å². The minimum atomic E-state index is -2.17. The summed E-state index contributed by atoms with van der Waals surface area (Å²) in [6, 6.07) is 0. The predicted octanol–water partition coefficient (Wildman–Crippen LogP) is -6.01. The van der Waals surface area contributed by atoms with Crippen molar-refractivity contribution in [3.8, 4) is 0 Å². The second kappa shape index (κ2) is 70.6. The Kier molecular flexibility index (Phi) is 710. The molecule has 0 saturated heterocycles. The highest BCUT2D eigenvalue weighted by molar-refractivity contribution is 6.30. The Morgan fingerprint density at radius 3 is 0.600 bits per heavy atom. The maximum Gasteiger partial charge on any atom is 0.631 e. The molecule has 0 atom stereocenters. The summed E-state index contributed by atoms with van der Waals surface area (Å²) >= 11 is 0. The van der Waals surface area contributed by atoms with Crippen molar-refractivity contribution in [2.45, 2.75) is 0 Å². The molecule has 10 heavy (non-hydrogen) atoms. The molecule has 0 fully saturated rings. The van der Waals surface area contributed by atoms with Gasteiger partial charge in [0, 0.05) is 0 Å². The monoisotopic (exact) mass is 169 g/mol. The molecule has 0 aliphatic heterocycles. The zero-order chi connectivity index (χ0) is 3.58. The first-order valence-corrected chi connectivity index (χ1v) is 0.775. The Morgan fingerprint density at radius 1 is 0.600 bits per heavy atom. The number of hydrogen-bond donors (Lipinski definition) is 4. The molecule has 10 heteroatoms. The van der Waals surface area contributed by atoms with Gasteiger partial charge in [-0.15, -0.1) is 0 Å². The van der Waals surface area contributed by atoms with Gasteiger partial charge in [0.15, 0.2) is 0 Å². The van der Waals surface area contributed by atoms with Gasteiger partial charge in [-0.05, 0) is 0 Å². The second-order valence-electron chi connectivity index (χ2n) is 0.346. The highest BCUT2D eigenvalue weighted by Gasteiger charge is 1.92. The van der Waals surface area contributed by atoms with Crippen LogP contribution in [0, 0.1) is 0 Å². The molecule has 0 spiro atoms. The number of rotatable bonds is 0. The van der Waals surface area contributed by atoms with E-state index in [9.17, 15) is 0 Å². The third kappa shape index (κ3) is 3980. The summed E-state index contributed by atoms with van der Waals surface area (Å²) in [4.78, 5) is 0. The third-order valence-corrected chi connectivity index (χ3v) is 0. The molecule has 0 unspecified atom stereocenters. The molecule has 0 radical (unpaired) electrons. The Labute approximate surface area is 57.2 Å². The Hall–Kier alpha value is -0.295. The molecule has 0 aromatic carbocycles. The summed E-state index contributed by atoms with van der Waals surface area (Å²) in [6.07, 6.45) is 0. The smallest absolute Gasteiger partial charge is 0.412 e. The molecule has 0 amide bonds. The van der Waals surface area contributed by atoms with Gasteiger partial charge in [-0.25, -0.2) is 0 Å². The fourth-order valence-electron chi connectivity index (χ4n) is 0. The van der Waals surface area contributed by atoms with Crippen molar-refractivity contribution in [3.05, 3.63) is 0 Å². The molecule has 9 nitrogen and oxygen atoms in total. The minimum absolute atomic E-state index is 0. The van der Waals surface area contributed by atoms with E-state index in [1.54, 1.807) is 0 Å². The Morgan fingerprint density at radius 2 is 0.600 bits per heavy atom. The van der Waals surface area contributed by atoms with E-state index in [0.717, 1.165) is 0 Å². The molecular formula is H16BNO8. The van der Waals surface area contributed by atoms with Gasteiger partial charge in [-0.1, -0.05) is 0 Å². The van der Waals surface area contributed by atoms with E-state index in [2.05, 4.69) is 0 Å². The first-order chi connectivity index (χ1) is 1.73. The van der Waals surface area contributed by atoms with Crippen molar-refractivity contribution in [1.82, 2.24) is 6.15 Å². The van der Waals surface area contributed by atoms with Crippen molar-refractivity contribution >= 4 is 7.32 Å². The topological polar surface area (TPSA) is 253 Å². The lowest BCUT2D eigenvalue weighted by molar-refractivity contribution is 0.278. The van der Waals surface area contributed by atoms with E-state index in [0.29, 0.717) is 0 Å². The van der Waals surface area contributed by atoms with Crippen LogP contribution >= 0.6 is 0 Å². The van der Waals surface area contributed by atoms with Crippen LogP contribution in [0.1, 0.15) is 0 Å². The molecule has 0 bridgehead atoms. The SMILES string of the molecule is N.O.O.O.O.O.OB(O)O. The number of hydrogen-bond acceptors (Lipinski definition) is 4. The summed E-state index contributed by atoms with van der Waals surface area (Å²) in [5, 5.41) is 21.5. The van der Waals surface area contributed by atoms with E-state index < -0.39 is 7.32 Å². The van der Waals surface area contributed by atoms with Crippen molar-refractivity contribution in [1.29, 1.82) is 0 Å². The molecule has 0 aromatic heterocycles. The first-order valence-electron chi connectivity index (χ1n) is 0.775. The van der Waals surface area contributed by atoms with Crippen molar-refractivity contribution < 1.29 is 42.5 Å². The lowest BCUT2D eigenvalue weighted by Gasteiger charge is -1.69. The van der Waals surface area contributed by atoms with Crippen molar-refractivity contribution in [2.24, 2.45) is 0 Å². The van der Waals surface area contributed by atoms with Crippen LogP contribution in [0.5, 0.6) is 0 Å². The average Bonchev–Trinajstić information content (AvgIpc) is 0.811. The van der Waals surface area contributed by atoms with Crippen LogP contribution in [0.25, 0.3) is 0 Å². The van der Waals surface area contributed by atoms with Gasteiger partial charge in [0.05, 0.1) is 0 Å². The van der Waals surface area contributed by atoms with Crippen LogP contribution in [-0.4, -0.2) is 49.8 Å². The molecule has 0 heterocycles. The van der Waals surface area contributed by atoms with E-state index in [4.69, 9.17) is 15.1 Å². The lowest BCUT2D eigenvalue weighted by atomic mass is 10.3. The Bertz CT molecular complexity index is 14.0. The minimum Gasteiger partial charge on any atom is -0.412 e. The quantitative estimate of drug-likeness (QED) is 0.258. The van der Waals surface area contributed by atoms with Gasteiger partial charge < -0.3 is 48.6 Å². The van der Waals surface area contributed by atoms with Gasteiger partial charge in [0.25, 0.3) is 0 Å². The maximum absolute atomic E-state index is 7.17. The van der Waals surface area contributed by atoms with Crippen LogP contribution in [-0.2, 0) is 0 Å². The first kappa shape index (κ1) is 101. The second-order valence-corrected chi connectivity index (χ2v) is 0.346. The van der Waals surface area contributed by atoms with Gasteiger partial charge >= 0.3 is 7.32 Å². The van der Waals surface area contributed by atoms with E-state index in [1.165, 1.54) is 0 Å². The molecule has 16 N–H and O–H groups in total. The van der Waals surface area contributed by atoms with Crippen LogP contribution in [0.3, 0.4) is 0 Å². The molecule has 0 aromatic rings. The summed E-state index contributed by atoms with van der Waals surface area (Å²) in [6.45, 7) is 0. The summed E-state index contributed by atoms with van der Waals surface area (Å²) < 4.78 is 0. The van der Waals surface area contributed by atoms with E-state index in [1.807, 2.05) is 0 Å². The van der Waals surface area contributed by atoms with E-state index in [-0.39, 0.29) is 33.5 Å². The largest absolute Gasteiger partial charge is 0.631 e. The highest BCUT2D eigenvalue weighted by Crippen LogP contribution is 1.40.